The van der Waals surface area contributed by atoms with Crippen LogP contribution in [0.1, 0.15) is 39.9 Å². The number of para-hydroxylation sites is 1. The highest BCUT2D eigenvalue weighted by atomic mass is 16.2. The van der Waals surface area contributed by atoms with Gasteiger partial charge >= 0.3 is 0 Å². The summed E-state index contributed by atoms with van der Waals surface area (Å²) in [7, 11) is 2.11. The predicted octanol–water partition coefficient (Wildman–Crippen LogP) is 4.26. The van der Waals surface area contributed by atoms with Crippen molar-refractivity contribution in [3.05, 3.63) is 107 Å². The number of aromatic nitrogens is 2. The van der Waals surface area contributed by atoms with Crippen LogP contribution in [0.4, 0.5) is 5.69 Å². The van der Waals surface area contributed by atoms with Crippen molar-refractivity contribution in [1.29, 1.82) is 0 Å². The zero-order chi connectivity index (χ0) is 31.8. The minimum Gasteiger partial charge on any atom is -0.326 e. The fourth-order valence-corrected chi connectivity index (χ4v) is 6.57. The molecule has 232 valence electrons. The molecular weight excluding hydrogens is 580 g/mol. The number of likely N-dealkylation sites (N-methyl/N-ethyl adjacent to an activating group) is 1. The molecule has 0 bridgehead atoms. The second kappa shape index (κ2) is 12.2. The lowest BCUT2D eigenvalue weighted by atomic mass is 10.0. The summed E-state index contributed by atoms with van der Waals surface area (Å²) in [5.41, 5.74) is 6.11. The number of nitrogens with zero attached hydrogens (tertiary/aromatic N) is 4. The average molecular weight is 615 g/mol. The first-order valence-electron chi connectivity index (χ1n) is 15.5. The summed E-state index contributed by atoms with van der Waals surface area (Å²) in [5, 5.41) is 7.64. The summed E-state index contributed by atoms with van der Waals surface area (Å²) >= 11 is 0. The molecule has 1 fully saturated rings. The van der Waals surface area contributed by atoms with Gasteiger partial charge in [0.1, 0.15) is 11.7 Å². The third-order valence-corrected chi connectivity index (χ3v) is 8.88. The Labute approximate surface area is 266 Å². The number of pyridine rings is 1. The van der Waals surface area contributed by atoms with E-state index in [4.69, 9.17) is 0 Å². The van der Waals surface area contributed by atoms with E-state index in [1.807, 2.05) is 24.4 Å². The molecule has 2 N–H and O–H groups in total. The first-order chi connectivity index (χ1) is 22.3. The molecule has 1 saturated heterocycles. The van der Waals surface area contributed by atoms with E-state index in [1.165, 1.54) is 21.2 Å². The van der Waals surface area contributed by atoms with E-state index in [1.54, 1.807) is 18.2 Å². The van der Waals surface area contributed by atoms with Crippen LogP contribution < -0.4 is 10.6 Å². The molecule has 2 aliphatic rings. The van der Waals surface area contributed by atoms with Crippen LogP contribution in [0.5, 0.6) is 0 Å². The van der Waals surface area contributed by atoms with Gasteiger partial charge in [-0.05, 0) is 66.6 Å². The van der Waals surface area contributed by atoms with Gasteiger partial charge in [-0.3, -0.25) is 24.5 Å². The molecule has 10 nitrogen and oxygen atoms in total. The highest BCUT2D eigenvalue weighted by Crippen LogP contribution is 2.30. The Kier molecular flexibility index (Phi) is 7.79. The quantitative estimate of drug-likeness (QED) is 0.240. The van der Waals surface area contributed by atoms with Gasteiger partial charge in [-0.2, -0.15) is 0 Å². The van der Waals surface area contributed by atoms with Crippen LogP contribution in [0.15, 0.2) is 85.1 Å². The number of carbonyl (C=O) groups is 4. The molecule has 1 atom stereocenters. The van der Waals surface area contributed by atoms with Crippen molar-refractivity contribution in [1.82, 2.24) is 24.7 Å². The monoisotopic (exact) mass is 614 g/mol. The molecule has 0 spiro atoms. The number of hydrogen-bond acceptors (Lipinski definition) is 6. The van der Waals surface area contributed by atoms with Crippen molar-refractivity contribution in [3.8, 4) is 0 Å². The molecule has 1 unspecified atom stereocenters. The van der Waals surface area contributed by atoms with Crippen molar-refractivity contribution >= 4 is 51.3 Å². The summed E-state index contributed by atoms with van der Waals surface area (Å²) in [6.07, 6.45) is 2.58. The second-order valence-electron chi connectivity index (χ2n) is 12.1. The zero-order valence-electron chi connectivity index (χ0n) is 25.5. The number of fused-ring (bicyclic) bond motifs is 4. The molecule has 0 radical (unpaired) electrons. The highest BCUT2D eigenvalue weighted by molar-refractivity contribution is 6.07. The number of amides is 4. The van der Waals surface area contributed by atoms with Gasteiger partial charge in [0.25, 0.3) is 5.91 Å². The number of nitrogens with one attached hydrogen (secondary N) is 2. The van der Waals surface area contributed by atoms with Crippen molar-refractivity contribution in [3.63, 3.8) is 0 Å². The fourth-order valence-electron chi connectivity index (χ4n) is 6.57. The predicted molar refractivity (Wildman–Crippen MR) is 175 cm³/mol. The number of hydrogen-bond donors (Lipinski definition) is 2. The van der Waals surface area contributed by atoms with Crippen LogP contribution >= 0.6 is 0 Å². The van der Waals surface area contributed by atoms with Gasteiger partial charge in [0.2, 0.25) is 17.7 Å². The van der Waals surface area contributed by atoms with E-state index in [0.717, 1.165) is 42.0 Å². The Morgan fingerprint density at radius 3 is 2.59 bits per heavy atom. The Morgan fingerprint density at radius 2 is 1.76 bits per heavy atom. The molecular formula is C36H34N6O4. The maximum atomic E-state index is 12.9. The average Bonchev–Trinajstić information content (AvgIpc) is 3.55. The Balaban J connectivity index is 0.928. The SMILES string of the molecule is CN(CCn1c2ccccc2c2cccnc21)Cc1ccc(CC(=O)Nc2ccc3c(c2)CN(C2CCC(=O)NC2=O)C3=O)cc1. The maximum absolute atomic E-state index is 12.9. The lowest BCUT2D eigenvalue weighted by Crippen LogP contribution is -2.52. The lowest BCUT2D eigenvalue weighted by molar-refractivity contribution is -0.137. The van der Waals surface area contributed by atoms with Crippen molar-refractivity contribution in [2.45, 2.75) is 44.9 Å². The van der Waals surface area contributed by atoms with Gasteiger partial charge in [-0.1, -0.05) is 42.5 Å². The van der Waals surface area contributed by atoms with Crippen molar-refractivity contribution < 1.29 is 19.2 Å². The molecule has 46 heavy (non-hydrogen) atoms. The van der Waals surface area contributed by atoms with Gasteiger partial charge < -0.3 is 19.7 Å². The standard InChI is InChI=1S/C36H34N6O4/c1-40(17-18-41-30-7-3-2-5-28(30)29-6-4-16-37-34(29)41)21-24-10-8-23(9-11-24)19-33(44)38-26-12-13-27-25(20-26)22-42(36(27)46)31-14-15-32(43)39-35(31)45/h2-13,16,20,31H,14-15,17-19,21-22H2,1H3,(H,38,44)(H,39,43,45). The highest BCUT2D eigenvalue weighted by Gasteiger charge is 2.39. The summed E-state index contributed by atoms with van der Waals surface area (Å²) in [5.74, 6) is -1.16. The Hall–Kier alpha value is -5.35. The smallest absolute Gasteiger partial charge is 0.255 e. The molecule has 2 aromatic heterocycles. The van der Waals surface area contributed by atoms with E-state index in [0.29, 0.717) is 17.7 Å². The lowest BCUT2D eigenvalue weighted by Gasteiger charge is -2.29. The number of benzene rings is 3. The molecule has 4 amide bonds. The third kappa shape index (κ3) is 5.75. The summed E-state index contributed by atoms with van der Waals surface area (Å²) < 4.78 is 2.29. The number of anilines is 1. The van der Waals surface area contributed by atoms with E-state index < -0.39 is 11.9 Å². The molecule has 5 aromatic rings. The van der Waals surface area contributed by atoms with E-state index in [2.05, 4.69) is 74.6 Å². The largest absolute Gasteiger partial charge is 0.326 e. The van der Waals surface area contributed by atoms with Gasteiger partial charge in [-0.15, -0.1) is 0 Å². The van der Waals surface area contributed by atoms with Crippen molar-refractivity contribution in [2.24, 2.45) is 0 Å². The van der Waals surface area contributed by atoms with Crippen LogP contribution in [0.25, 0.3) is 21.9 Å². The minimum atomic E-state index is -0.671. The van der Waals surface area contributed by atoms with Crippen LogP contribution in [-0.2, 0) is 40.4 Å². The summed E-state index contributed by atoms with van der Waals surface area (Å²) in [6.45, 7) is 2.71. The Morgan fingerprint density at radius 1 is 0.978 bits per heavy atom. The van der Waals surface area contributed by atoms with Crippen LogP contribution in [-0.4, -0.2) is 62.6 Å². The fraction of sp³-hybridized carbons (Fsp3) is 0.250. The molecule has 10 heteroatoms. The van der Waals surface area contributed by atoms with E-state index in [9.17, 15) is 19.2 Å². The molecule has 2 aliphatic heterocycles. The third-order valence-electron chi connectivity index (χ3n) is 8.88. The van der Waals surface area contributed by atoms with Crippen LogP contribution in [0.3, 0.4) is 0 Å². The Bertz CT molecular complexity index is 1950. The molecule has 0 aliphatic carbocycles. The van der Waals surface area contributed by atoms with Gasteiger partial charge in [-0.25, -0.2) is 4.98 Å². The summed E-state index contributed by atoms with van der Waals surface area (Å²) in [6, 6.07) is 25.1. The van der Waals surface area contributed by atoms with Gasteiger partial charge in [0, 0.05) is 60.8 Å². The topological polar surface area (TPSA) is 117 Å². The van der Waals surface area contributed by atoms with Crippen LogP contribution in [0, 0.1) is 0 Å². The van der Waals surface area contributed by atoms with Crippen molar-refractivity contribution in [2.75, 3.05) is 18.9 Å². The molecule has 4 heterocycles. The number of piperidine rings is 1. The van der Waals surface area contributed by atoms with Gasteiger partial charge in [0.05, 0.1) is 11.9 Å². The second-order valence-corrected chi connectivity index (χ2v) is 12.1. The zero-order valence-corrected chi connectivity index (χ0v) is 25.5. The number of imide groups is 1. The van der Waals surface area contributed by atoms with Crippen LogP contribution in [0.2, 0.25) is 0 Å². The molecule has 7 rings (SSSR count). The molecule has 3 aromatic carbocycles. The normalized spacial score (nSPS) is 16.3. The molecule has 0 saturated carbocycles. The first-order valence-corrected chi connectivity index (χ1v) is 15.5. The minimum absolute atomic E-state index is 0.157. The van der Waals surface area contributed by atoms with E-state index >= 15 is 0 Å². The summed E-state index contributed by atoms with van der Waals surface area (Å²) in [4.78, 5) is 58.1. The number of rotatable bonds is 9. The maximum Gasteiger partial charge on any atom is 0.255 e. The first kappa shape index (κ1) is 29.4. The number of carbonyl (C=O) groups excluding carboxylic acids is 4. The van der Waals surface area contributed by atoms with E-state index in [-0.39, 0.29) is 37.1 Å². The van der Waals surface area contributed by atoms with Gasteiger partial charge in [0.15, 0.2) is 0 Å².